The second kappa shape index (κ2) is 4.84. The molecule has 7 heteroatoms. The molecule has 0 aromatic carbocycles. The smallest absolute Gasteiger partial charge is 0.259 e. The zero-order chi connectivity index (χ0) is 12.3. The number of carbonyl (C=O) groups excluding carboxylic acids is 1. The number of amides is 1. The molecule has 1 amide bonds. The second-order valence-corrected chi connectivity index (χ2v) is 3.63. The Kier molecular flexibility index (Phi) is 3.24. The van der Waals surface area contributed by atoms with E-state index >= 15 is 0 Å². The molecule has 0 unspecified atom stereocenters. The second-order valence-electron chi connectivity index (χ2n) is 3.24. The maximum absolute atomic E-state index is 11.7. The summed E-state index contributed by atoms with van der Waals surface area (Å²) in [5.41, 5.74) is 1.05. The summed E-state index contributed by atoms with van der Waals surface area (Å²) in [6.07, 6.45) is 2.78. The van der Waals surface area contributed by atoms with Crippen LogP contribution in [0.4, 0.5) is 5.95 Å². The summed E-state index contributed by atoms with van der Waals surface area (Å²) in [7, 11) is 0. The molecule has 0 aliphatic carbocycles. The van der Waals surface area contributed by atoms with Crippen molar-refractivity contribution in [1.82, 2.24) is 20.2 Å². The predicted octanol–water partition coefficient (Wildman–Crippen LogP) is 1.48. The van der Waals surface area contributed by atoms with Gasteiger partial charge in [-0.1, -0.05) is 11.6 Å². The fourth-order valence-electron chi connectivity index (χ4n) is 1.18. The van der Waals surface area contributed by atoms with Crippen LogP contribution in [-0.2, 0) is 0 Å². The van der Waals surface area contributed by atoms with Crippen LogP contribution in [-0.4, -0.2) is 26.1 Å². The molecule has 17 heavy (non-hydrogen) atoms. The molecule has 0 spiro atoms. The minimum Gasteiger partial charge on any atom is -0.290 e. The molecule has 0 aliphatic rings. The van der Waals surface area contributed by atoms with Gasteiger partial charge in [0.25, 0.3) is 5.91 Å². The molecule has 2 heterocycles. The van der Waals surface area contributed by atoms with E-state index in [1.165, 1.54) is 12.4 Å². The standard InChI is InChI=1S/C10H8ClN5O/c1-6-4-8(11)15-10(14-6)16-9(17)7-2-3-12-13-5-7/h2-5H,1H3,(H,14,15,16,17). The lowest BCUT2D eigenvalue weighted by molar-refractivity contribution is 0.102. The average Bonchev–Trinajstić information content (AvgIpc) is 2.28. The summed E-state index contributed by atoms with van der Waals surface area (Å²) in [4.78, 5) is 19.7. The monoisotopic (exact) mass is 249 g/mol. The van der Waals surface area contributed by atoms with Crippen LogP contribution < -0.4 is 5.32 Å². The number of hydrogen-bond donors (Lipinski definition) is 1. The lowest BCUT2D eigenvalue weighted by atomic mass is 10.3. The SMILES string of the molecule is Cc1cc(Cl)nc(NC(=O)c2ccnnc2)n1. The highest BCUT2D eigenvalue weighted by atomic mass is 35.5. The van der Waals surface area contributed by atoms with Crippen LogP contribution in [0.3, 0.4) is 0 Å². The number of carbonyl (C=O) groups is 1. The lowest BCUT2D eigenvalue weighted by Crippen LogP contribution is -2.14. The van der Waals surface area contributed by atoms with E-state index in [-0.39, 0.29) is 17.0 Å². The molecule has 0 bridgehead atoms. The maximum Gasteiger partial charge on any atom is 0.259 e. The molecule has 0 atom stereocenters. The van der Waals surface area contributed by atoms with Crippen LogP contribution in [0.25, 0.3) is 0 Å². The summed E-state index contributed by atoms with van der Waals surface area (Å²) >= 11 is 5.75. The zero-order valence-corrected chi connectivity index (χ0v) is 9.64. The van der Waals surface area contributed by atoms with Gasteiger partial charge in [0.2, 0.25) is 5.95 Å². The molecule has 0 saturated carbocycles. The molecule has 0 radical (unpaired) electrons. The largest absolute Gasteiger partial charge is 0.290 e. The van der Waals surface area contributed by atoms with Crippen molar-refractivity contribution in [1.29, 1.82) is 0 Å². The summed E-state index contributed by atoms with van der Waals surface area (Å²) in [5, 5.41) is 9.99. The molecule has 86 valence electrons. The van der Waals surface area contributed by atoms with Crippen LogP contribution in [0.15, 0.2) is 24.5 Å². The van der Waals surface area contributed by atoms with Crippen molar-refractivity contribution >= 4 is 23.5 Å². The molecule has 2 rings (SSSR count). The molecule has 2 aromatic rings. The molecule has 0 aliphatic heterocycles. The fourth-order valence-corrected chi connectivity index (χ4v) is 1.42. The van der Waals surface area contributed by atoms with Crippen molar-refractivity contribution in [3.63, 3.8) is 0 Å². The van der Waals surface area contributed by atoms with E-state index in [1.807, 2.05) is 0 Å². The van der Waals surface area contributed by atoms with E-state index in [9.17, 15) is 4.79 Å². The Labute approximate surface area is 102 Å². The summed E-state index contributed by atoms with van der Waals surface area (Å²) in [6.45, 7) is 1.76. The molecular weight excluding hydrogens is 242 g/mol. The third-order valence-electron chi connectivity index (χ3n) is 1.89. The van der Waals surface area contributed by atoms with Gasteiger partial charge in [-0.25, -0.2) is 9.97 Å². The third kappa shape index (κ3) is 2.94. The van der Waals surface area contributed by atoms with Crippen molar-refractivity contribution in [2.24, 2.45) is 0 Å². The lowest BCUT2D eigenvalue weighted by Gasteiger charge is -2.04. The molecule has 6 nitrogen and oxygen atoms in total. The number of rotatable bonds is 2. The number of aryl methyl sites for hydroxylation is 1. The molecule has 0 fully saturated rings. The number of nitrogens with zero attached hydrogens (tertiary/aromatic N) is 4. The summed E-state index contributed by atoms with van der Waals surface area (Å²) in [5.74, 6) is -0.196. The Balaban J connectivity index is 2.19. The summed E-state index contributed by atoms with van der Waals surface area (Å²) in [6, 6.07) is 3.14. The number of hydrogen-bond acceptors (Lipinski definition) is 5. The molecular formula is C10H8ClN5O. The Hall–Kier alpha value is -2.08. The van der Waals surface area contributed by atoms with Crippen LogP contribution in [0, 0.1) is 6.92 Å². The Morgan fingerprint density at radius 3 is 2.82 bits per heavy atom. The maximum atomic E-state index is 11.7. The molecule has 1 N–H and O–H groups in total. The van der Waals surface area contributed by atoms with E-state index < -0.39 is 0 Å². The highest BCUT2D eigenvalue weighted by Crippen LogP contribution is 2.10. The quantitative estimate of drug-likeness (QED) is 0.816. The third-order valence-corrected chi connectivity index (χ3v) is 2.09. The van der Waals surface area contributed by atoms with Crippen molar-refractivity contribution < 1.29 is 4.79 Å². The van der Waals surface area contributed by atoms with Gasteiger partial charge in [0, 0.05) is 5.69 Å². The van der Waals surface area contributed by atoms with Gasteiger partial charge in [-0.05, 0) is 19.1 Å². The number of nitrogens with one attached hydrogen (secondary N) is 1. The van der Waals surface area contributed by atoms with Gasteiger partial charge in [0.05, 0.1) is 18.0 Å². The van der Waals surface area contributed by atoms with Gasteiger partial charge in [0.1, 0.15) is 5.15 Å². The van der Waals surface area contributed by atoms with Crippen LogP contribution in [0.2, 0.25) is 5.15 Å². The van der Waals surface area contributed by atoms with E-state index in [1.54, 1.807) is 19.1 Å². The topological polar surface area (TPSA) is 80.7 Å². The molecule has 2 aromatic heterocycles. The van der Waals surface area contributed by atoms with Gasteiger partial charge < -0.3 is 0 Å². The first-order valence-electron chi connectivity index (χ1n) is 4.74. The van der Waals surface area contributed by atoms with Gasteiger partial charge >= 0.3 is 0 Å². The first-order valence-corrected chi connectivity index (χ1v) is 5.12. The predicted molar refractivity (Wildman–Crippen MR) is 61.8 cm³/mol. The van der Waals surface area contributed by atoms with Gasteiger partial charge in [-0.3, -0.25) is 10.1 Å². The van der Waals surface area contributed by atoms with Crippen LogP contribution in [0.5, 0.6) is 0 Å². The normalized spacial score (nSPS) is 10.0. The number of aromatic nitrogens is 4. The van der Waals surface area contributed by atoms with E-state index in [0.717, 1.165) is 0 Å². The van der Waals surface area contributed by atoms with Gasteiger partial charge in [-0.2, -0.15) is 10.2 Å². The van der Waals surface area contributed by atoms with Crippen LogP contribution >= 0.6 is 11.6 Å². The van der Waals surface area contributed by atoms with Crippen molar-refractivity contribution in [3.8, 4) is 0 Å². The fraction of sp³-hybridized carbons (Fsp3) is 0.100. The van der Waals surface area contributed by atoms with Gasteiger partial charge in [0.15, 0.2) is 0 Å². The van der Waals surface area contributed by atoms with E-state index in [0.29, 0.717) is 11.3 Å². The first-order chi connectivity index (χ1) is 8.15. The van der Waals surface area contributed by atoms with Crippen molar-refractivity contribution in [3.05, 3.63) is 40.9 Å². The highest BCUT2D eigenvalue weighted by Gasteiger charge is 2.08. The Morgan fingerprint density at radius 2 is 2.18 bits per heavy atom. The average molecular weight is 250 g/mol. The minimum atomic E-state index is -0.360. The number of halogens is 1. The van der Waals surface area contributed by atoms with E-state index in [4.69, 9.17) is 11.6 Å². The highest BCUT2D eigenvalue weighted by molar-refractivity contribution is 6.29. The number of anilines is 1. The zero-order valence-electron chi connectivity index (χ0n) is 8.88. The van der Waals surface area contributed by atoms with Crippen molar-refractivity contribution in [2.45, 2.75) is 6.92 Å². The Bertz CT molecular complexity index is 525. The minimum absolute atomic E-state index is 0.164. The first kappa shape index (κ1) is 11.4. The Morgan fingerprint density at radius 1 is 1.35 bits per heavy atom. The van der Waals surface area contributed by atoms with Gasteiger partial charge in [-0.15, -0.1) is 0 Å². The van der Waals surface area contributed by atoms with Crippen molar-refractivity contribution in [2.75, 3.05) is 5.32 Å². The summed E-state index contributed by atoms with van der Waals surface area (Å²) < 4.78 is 0. The molecule has 0 saturated heterocycles. The van der Waals surface area contributed by atoms with E-state index in [2.05, 4.69) is 25.5 Å². The van der Waals surface area contributed by atoms with Crippen LogP contribution in [0.1, 0.15) is 16.1 Å².